The number of aromatic nitrogens is 4. The number of methoxy groups -OCH3 is 1. The number of urea groups is 1. The fraction of sp³-hybridized carbons (Fsp3) is 0.588. The third-order valence-electron chi connectivity index (χ3n) is 4.35. The summed E-state index contributed by atoms with van der Waals surface area (Å²) in [5, 5.41) is 6.69. The SMILES string of the molecule is COCCc1nc(CNC(=O)N2CCN(c3nc(C)cnc3C)CC2)no1. The highest BCUT2D eigenvalue weighted by molar-refractivity contribution is 5.74. The molecule has 0 radical (unpaired) electrons. The number of anilines is 1. The van der Waals surface area contributed by atoms with Crippen LogP contribution < -0.4 is 10.2 Å². The first-order chi connectivity index (χ1) is 13.1. The van der Waals surface area contributed by atoms with E-state index >= 15 is 0 Å². The molecule has 1 aliphatic heterocycles. The maximum Gasteiger partial charge on any atom is 0.317 e. The highest BCUT2D eigenvalue weighted by Crippen LogP contribution is 2.17. The Balaban J connectivity index is 1.47. The Labute approximate surface area is 157 Å². The van der Waals surface area contributed by atoms with Crippen LogP contribution in [0.5, 0.6) is 0 Å². The normalized spacial score (nSPS) is 14.5. The van der Waals surface area contributed by atoms with Crippen molar-refractivity contribution in [2.24, 2.45) is 0 Å². The third-order valence-corrected chi connectivity index (χ3v) is 4.35. The lowest BCUT2D eigenvalue weighted by molar-refractivity contribution is 0.192. The zero-order valence-electron chi connectivity index (χ0n) is 15.9. The molecule has 10 nitrogen and oxygen atoms in total. The maximum absolute atomic E-state index is 12.4. The number of piperazine rings is 1. The summed E-state index contributed by atoms with van der Waals surface area (Å²) in [5.74, 6) is 1.86. The Hall–Kier alpha value is -2.75. The van der Waals surface area contributed by atoms with Crippen molar-refractivity contribution in [2.45, 2.75) is 26.8 Å². The molecule has 146 valence electrons. The van der Waals surface area contributed by atoms with Crippen LogP contribution in [0, 0.1) is 13.8 Å². The van der Waals surface area contributed by atoms with E-state index in [1.54, 1.807) is 18.2 Å². The van der Waals surface area contributed by atoms with Crippen LogP contribution in [0.1, 0.15) is 23.1 Å². The number of hydrogen-bond donors (Lipinski definition) is 1. The number of nitrogens with one attached hydrogen (secondary N) is 1. The van der Waals surface area contributed by atoms with Gasteiger partial charge in [0.05, 0.1) is 31.0 Å². The van der Waals surface area contributed by atoms with Crippen molar-refractivity contribution in [1.82, 2.24) is 30.3 Å². The molecule has 1 fully saturated rings. The summed E-state index contributed by atoms with van der Waals surface area (Å²) in [6.07, 6.45) is 2.32. The molecule has 0 bridgehead atoms. The van der Waals surface area contributed by atoms with Crippen molar-refractivity contribution >= 4 is 11.8 Å². The summed E-state index contributed by atoms with van der Waals surface area (Å²) in [5.41, 5.74) is 1.79. The lowest BCUT2D eigenvalue weighted by atomic mass is 10.3. The molecule has 0 saturated carbocycles. The Morgan fingerprint density at radius 3 is 2.78 bits per heavy atom. The molecule has 2 aromatic heterocycles. The summed E-state index contributed by atoms with van der Waals surface area (Å²) in [6.45, 7) is 7.30. The molecule has 0 atom stereocenters. The van der Waals surface area contributed by atoms with Crippen LogP contribution in [-0.2, 0) is 17.7 Å². The van der Waals surface area contributed by atoms with Crippen LogP contribution in [0.15, 0.2) is 10.7 Å². The van der Waals surface area contributed by atoms with E-state index in [-0.39, 0.29) is 12.6 Å². The second kappa shape index (κ2) is 8.76. The largest absolute Gasteiger partial charge is 0.384 e. The smallest absolute Gasteiger partial charge is 0.317 e. The predicted molar refractivity (Wildman–Crippen MR) is 97.4 cm³/mol. The molecular weight excluding hydrogens is 350 g/mol. The van der Waals surface area contributed by atoms with Crippen LogP contribution in [-0.4, -0.2) is 70.9 Å². The van der Waals surface area contributed by atoms with E-state index in [2.05, 4.69) is 30.3 Å². The lowest BCUT2D eigenvalue weighted by Crippen LogP contribution is -2.52. The average Bonchev–Trinajstić information content (AvgIpc) is 3.14. The van der Waals surface area contributed by atoms with E-state index in [4.69, 9.17) is 9.26 Å². The third kappa shape index (κ3) is 4.91. The van der Waals surface area contributed by atoms with Gasteiger partial charge in [-0.2, -0.15) is 4.98 Å². The average molecular weight is 375 g/mol. The van der Waals surface area contributed by atoms with Gasteiger partial charge in [-0.3, -0.25) is 4.98 Å². The molecule has 2 amide bonds. The molecule has 3 heterocycles. The van der Waals surface area contributed by atoms with E-state index in [1.165, 1.54) is 0 Å². The number of rotatable bonds is 6. The topological polar surface area (TPSA) is 110 Å². The zero-order valence-corrected chi connectivity index (χ0v) is 15.9. The minimum atomic E-state index is -0.134. The first kappa shape index (κ1) is 19.0. The number of ether oxygens (including phenoxy) is 1. The molecule has 10 heteroatoms. The van der Waals surface area contributed by atoms with Crippen LogP contribution >= 0.6 is 0 Å². The molecule has 0 aliphatic carbocycles. The highest BCUT2D eigenvalue weighted by Gasteiger charge is 2.23. The molecular formula is C17H25N7O3. The first-order valence-electron chi connectivity index (χ1n) is 8.95. The van der Waals surface area contributed by atoms with Crippen LogP contribution in [0.3, 0.4) is 0 Å². The molecule has 3 rings (SSSR count). The van der Waals surface area contributed by atoms with E-state index < -0.39 is 0 Å². The summed E-state index contributed by atoms with van der Waals surface area (Å²) in [7, 11) is 1.62. The fourth-order valence-electron chi connectivity index (χ4n) is 2.87. The number of hydrogen-bond acceptors (Lipinski definition) is 8. The monoisotopic (exact) mass is 375 g/mol. The highest BCUT2D eigenvalue weighted by atomic mass is 16.5. The molecule has 1 saturated heterocycles. The van der Waals surface area contributed by atoms with Crippen molar-refractivity contribution in [2.75, 3.05) is 44.8 Å². The minimum absolute atomic E-state index is 0.134. The van der Waals surface area contributed by atoms with E-state index in [1.807, 2.05) is 13.8 Å². The maximum atomic E-state index is 12.4. The van der Waals surface area contributed by atoms with Gasteiger partial charge in [0.25, 0.3) is 0 Å². The Kier molecular flexibility index (Phi) is 6.17. The van der Waals surface area contributed by atoms with Gasteiger partial charge >= 0.3 is 6.03 Å². The van der Waals surface area contributed by atoms with Crippen LogP contribution in [0.2, 0.25) is 0 Å². The predicted octanol–water partition coefficient (Wildman–Crippen LogP) is 0.697. The van der Waals surface area contributed by atoms with Gasteiger partial charge in [-0.15, -0.1) is 0 Å². The van der Waals surface area contributed by atoms with E-state index in [9.17, 15) is 4.79 Å². The number of nitrogens with zero attached hydrogens (tertiary/aromatic N) is 6. The molecule has 27 heavy (non-hydrogen) atoms. The second-order valence-corrected chi connectivity index (χ2v) is 6.40. The Bertz CT molecular complexity index is 772. The fourth-order valence-corrected chi connectivity index (χ4v) is 2.87. The van der Waals surface area contributed by atoms with Gasteiger partial charge in [0, 0.05) is 39.5 Å². The van der Waals surface area contributed by atoms with Crippen LogP contribution in [0.25, 0.3) is 0 Å². The molecule has 0 unspecified atom stereocenters. The number of carbonyl (C=O) groups is 1. The minimum Gasteiger partial charge on any atom is -0.384 e. The van der Waals surface area contributed by atoms with Crippen molar-refractivity contribution in [1.29, 1.82) is 0 Å². The van der Waals surface area contributed by atoms with E-state index in [0.29, 0.717) is 37.8 Å². The van der Waals surface area contributed by atoms with Gasteiger partial charge in [0.1, 0.15) is 5.82 Å². The lowest BCUT2D eigenvalue weighted by Gasteiger charge is -2.35. The summed E-state index contributed by atoms with van der Waals surface area (Å²) in [4.78, 5) is 29.5. The number of aryl methyl sites for hydroxylation is 2. The second-order valence-electron chi connectivity index (χ2n) is 6.40. The summed E-state index contributed by atoms with van der Waals surface area (Å²) < 4.78 is 10.1. The Morgan fingerprint density at radius 1 is 1.26 bits per heavy atom. The van der Waals surface area contributed by atoms with Gasteiger partial charge in [0.2, 0.25) is 5.89 Å². The van der Waals surface area contributed by atoms with Crippen molar-refractivity contribution in [3.05, 3.63) is 29.3 Å². The zero-order chi connectivity index (χ0) is 19.2. The van der Waals surface area contributed by atoms with Gasteiger partial charge in [-0.1, -0.05) is 5.16 Å². The van der Waals surface area contributed by atoms with Gasteiger partial charge < -0.3 is 24.4 Å². The quantitative estimate of drug-likeness (QED) is 0.786. The Morgan fingerprint density at radius 2 is 2.04 bits per heavy atom. The molecule has 0 spiro atoms. The van der Waals surface area contributed by atoms with Gasteiger partial charge in [0.15, 0.2) is 5.82 Å². The summed E-state index contributed by atoms with van der Waals surface area (Å²) >= 11 is 0. The van der Waals surface area contributed by atoms with Gasteiger partial charge in [-0.25, -0.2) is 9.78 Å². The van der Waals surface area contributed by atoms with Crippen molar-refractivity contribution in [3.8, 4) is 0 Å². The van der Waals surface area contributed by atoms with Gasteiger partial charge in [-0.05, 0) is 13.8 Å². The summed E-state index contributed by atoms with van der Waals surface area (Å²) in [6, 6.07) is -0.134. The van der Waals surface area contributed by atoms with E-state index in [0.717, 1.165) is 30.3 Å². The number of amides is 2. The van der Waals surface area contributed by atoms with Crippen molar-refractivity contribution < 1.29 is 14.1 Å². The standard InChI is InChI=1S/C17H25N7O3/c1-12-10-18-13(2)16(20-12)23-5-7-24(8-6-23)17(25)19-11-14-21-15(27-22-14)4-9-26-3/h10H,4-9,11H2,1-3H3,(H,19,25). The molecule has 1 aliphatic rings. The van der Waals surface area contributed by atoms with Crippen LogP contribution in [0.4, 0.5) is 10.6 Å². The molecule has 0 aromatic carbocycles. The number of carbonyl (C=O) groups excluding carboxylic acids is 1. The molecule has 1 N–H and O–H groups in total. The van der Waals surface area contributed by atoms with Crippen molar-refractivity contribution in [3.63, 3.8) is 0 Å². The first-order valence-corrected chi connectivity index (χ1v) is 8.95. The molecule has 2 aromatic rings.